The fourth-order valence-electron chi connectivity index (χ4n) is 4.83. The summed E-state index contributed by atoms with van der Waals surface area (Å²) >= 11 is 6.10. The Morgan fingerprint density at radius 2 is 1.67 bits per heavy atom. The first kappa shape index (κ1) is 23.5. The number of benzene rings is 3. The van der Waals surface area contributed by atoms with Crippen molar-refractivity contribution in [3.8, 4) is 0 Å². The van der Waals surface area contributed by atoms with Gasteiger partial charge in [0.1, 0.15) is 0 Å². The second kappa shape index (κ2) is 11.0. The number of carbonyl (C=O) groups excluding carboxylic acids is 1. The number of amides is 1. The van der Waals surface area contributed by atoms with E-state index in [9.17, 15) is 4.79 Å². The standard InChI is InChI=1S/C28H31ClN2O2/c29-25-14-7-9-22(19-25)21-33-26-15-8-17-31(20-26)18-16-28(27(30)32,23-10-3-1-4-11-23)24-12-5-2-6-13-24/h1-7,9-14,19,26H,8,15-18,20-21H2,(H2,30,32). The number of piperidine rings is 1. The van der Waals surface area contributed by atoms with E-state index in [1.165, 1.54) is 0 Å². The highest BCUT2D eigenvalue weighted by molar-refractivity contribution is 6.30. The van der Waals surface area contributed by atoms with E-state index in [1.54, 1.807) is 0 Å². The molecule has 0 saturated carbocycles. The first-order chi connectivity index (χ1) is 16.1. The van der Waals surface area contributed by atoms with Crippen LogP contribution in [-0.2, 0) is 21.6 Å². The number of ether oxygens (including phenoxy) is 1. The molecule has 172 valence electrons. The summed E-state index contributed by atoms with van der Waals surface area (Å²) in [6.07, 6.45) is 2.89. The van der Waals surface area contributed by atoms with Gasteiger partial charge in [0.05, 0.1) is 18.1 Å². The molecule has 2 N–H and O–H groups in total. The number of carbonyl (C=O) groups is 1. The van der Waals surface area contributed by atoms with Crippen LogP contribution < -0.4 is 5.73 Å². The summed E-state index contributed by atoms with van der Waals surface area (Å²) in [4.78, 5) is 15.4. The van der Waals surface area contributed by atoms with E-state index < -0.39 is 5.41 Å². The summed E-state index contributed by atoms with van der Waals surface area (Å²) in [5.41, 5.74) is 8.21. The minimum atomic E-state index is -0.864. The zero-order chi connectivity index (χ0) is 23.1. The van der Waals surface area contributed by atoms with Gasteiger partial charge in [-0.15, -0.1) is 0 Å². The van der Waals surface area contributed by atoms with E-state index in [0.29, 0.717) is 13.0 Å². The Morgan fingerprint density at radius 3 is 2.27 bits per heavy atom. The molecule has 0 aliphatic carbocycles. The predicted molar refractivity (Wildman–Crippen MR) is 133 cm³/mol. The largest absolute Gasteiger partial charge is 0.372 e. The van der Waals surface area contributed by atoms with Crippen molar-refractivity contribution >= 4 is 17.5 Å². The highest BCUT2D eigenvalue weighted by Gasteiger charge is 2.40. The average Bonchev–Trinajstić information content (AvgIpc) is 2.85. The lowest BCUT2D eigenvalue weighted by Crippen LogP contribution is -2.47. The Balaban J connectivity index is 1.47. The van der Waals surface area contributed by atoms with Crippen LogP contribution in [0, 0.1) is 0 Å². The number of nitrogens with two attached hydrogens (primary N) is 1. The zero-order valence-electron chi connectivity index (χ0n) is 18.8. The molecular weight excluding hydrogens is 432 g/mol. The Kier molecular flexibility index (Phi) is 7.81. The van der Waals surface area contributed by atoms with Crippen LogP contribution in [0.2, 0.25) is 5.02 Å². The van der Waals surface area contributed by atoms with Gasteiger partial charge in [-0.3, -0.25) is 4.79 Å². The fraction of sp³-hybridized carbons (Fsp3) is 0.321. The Hall–Kier alpha value is -2.66. The molecule has 1 unspecified atom stereocenters. The van der Waals surface area contributed by atoms with Crippen LogP contribution in [0.1, 0.15) is 36.0 Å². The number of likely N-dealkylation sites (tertiary alicyclic amines) is 1. The molecular formula is C28H31ClN2O2. The molecule has 1 aliphatic rings. The molecule has 3 aromatic carbocycles. The molecule has 0 radical (unpaired) electrons. The van der Waals surface area contributed by atoms with Crippen molar-refractivity contribution in [3.05, 3.63) is 107 Å². The van der Waals surface area contributed by atoms with Crippen molar-refractivity contribution < 1.29 is 9.53 Å². The van der Waals surface area contributed by atoms with Gasteiger partial charge in [-0.05, 0) is 61.2 Å². The normalized spacial score (nSPS) is 17.1. The third-order valence-corrected chi connectivity index (χ3v) is 6.83. The molecule has 1 heterocycles. The van der Waals surface area contributed by atoms with E-state index in [0.717, 1.165) is 54.2 Å². The van der Waals surface area contributed by atoms with Crippen molar-refractivity contribution in [2.24, 2.45) is 5.73 Å². The van der Waals surface area contributed by atoms with Crippen LogP contribution in [0.3, 0.4) is 0 Å². The molecule has 0 spiro atoms. The van der Waals surface area contributed by atoms with Gasteiger partial charge in [-0.1, -0.05) is 84.4 Å². The van der Waals surface area contributed by atoms with Crippen molar-refractivity contribution in [2.45, 2.75) is 37.4 Å². The molecule has 33 heavy (non-hydrogen) atoms. The van der Waals surface area contributed by atoms with E-state index in [2.05, 4.69) is 4.90 Å². The molecule has 4 rings (SSSR count). The topological polar surface area (TPSA) is 55.6 Å². The Labute approximate surface area is 201 Å². The molecule has 1 fully saturated rings. The third kappa shape index (κ3) is 5.64. The molecule has 3 aromatic rings. The van der Waals surface area contributed by atoms with Gasteiger partial charge in [0.2, 0.25) is 5.91 Å². The van der Waals surface area contributed by atoms with E-state index in [1.807, 2.05) is 84.9 Å². The average molecular weight is 463 g/mol. The van der Waals surface area contributed by atoms with Crippen molar-refractivity contribution in [1.29, 1.82) is 0 Å². The van der Waals surface area contributed by atoms with Gasteiger partial charge in [0.25, 0.3) is 0 Å². The van der Waals surface area contributed by atoms with Crippen molar-refractivity contribution in [1.82, 2.24) is 4.90 Å². The van der Waals surface area contributed by atoms with E-state index >= 15 is 0 Å². The molecule has 0 bridgehead atoms. The quantitative estimate of drug-likeness (QED) is 0.476. The number of primary amides is 1. The summed E-state index contributed by atoms with van der Waals surface area (Å²) < 4.78 is 6.21. The molecule has 4 nitrogen and oxygen atoms in total. The number of hydrogen-bond acceptors (Lipinski definition) is 3. The fourth-order valence-corrected chi connectivity index (χ4v) is 5.04. The van der Waals surface area contributed by atoms with Crippen molar-refractivity contribution in [3.63, 3.8) is 0 Å². The monoisotopic (exact) mass is 462 g/mol. The first-order valence-electron chi connectivity index (χ1n) is 11.6. The molecule has 1 saturated heterocycles. The highest BCUT2D eigenvalue weighted by atomic mass is 35.5. The molecule has 1 amide bonds. The second-order valence-electron chi connectivity index (χ2n) is 8.76. The maximum absolute atomic E-state index is 13.0. The van der Waals surface area contributed by atoms with Crippen LogP contribution in [0.25, 0.3) is 0 Å². The van der Waals surface area contributed by atoms with Gasteiger partial charge in [0.15, 0.2) is 0 Å². The molecule has 1 aliphatic heterocycles. The van der Waals surface area contributed by atoms with E-state index in [-0.39, 0.29) is 12.0 Å². The van der Waals surface area contributed by atoms with Crippen LogP contribution >= 0.6 is 11.6 Å². The molecule has 1 atom stereocenters. The second-order valence-corrected chi connectivity index (χ2v) is 9.19. The predicted octanol–water partition coefficient (Wildman–Crippen LogP) is 5.18. The van der Waals surface area contributed by atoms with Crippen LogP contribution in [0.5, 0.6) is 0 Å². The zero-order valence-corrected chi connectivity index (χ0v) is 19.6. The lowest BCUT2D eigenvalue weighted by molar-refractivity contribution is -0.122. The molecule has 0 aromatic heterocycles. The maximum atomic E-state index is 13.0. The highest BCUT2D eigenvalue weighted by Crippen LogP contribution is 2.36. The minimum absolute atomic E-state index is 0.161. The lowest BCUT2D eigenvalue weighted by atomic mass is 9.71. The van der Waals surface area contributed by atoms with Crippen molar-refractivity contribution in [2.75, 3.05) is 19.6 Å². The van der Waals surface area contributed by atoms with E-state index in [4.69, 9.17) is 22.1 Å². The SMILES string of the molecule is NC(=O)C(CCN1CCCC(OCc2cccc(Cl)c2)C1)(c1ccccc1)c1ccccc1. The smallest absolute Gasteiger partial charge is 0.232 e. The van der Waals surface area contributed by atoms with Gasteiger partial charge < -0.3 is 15.4 Å². The van der Waals surface area contributed by atoms with Gasteiger partial charge in [-0.25, -0.2) is 0 Å². The third-order valence-electron chi connectivity index (χ3n) is 6.59. The lowest BCUT2D eigenvalue weighted by Gasteiger charge is -2.37. The minimum Gasteiger partial charge on any atom is -0.372 e. The maximum Gasteiger partial charge on any atom is 0.232 e. The summed E-state index contributed by atoms with van der Waals surface area (Å²) in [6.45, 7) is 3.16. The first-order valence-corrected chi connectivity index (χ1v) is 11.9. The number of hydrogen-bond donors (Lipinski definition) is 1. The summed E-state index contributed by atoms with van der Waals surface area (Å²) in [5, 5.41) is 0.728. The van der Waals surface area contributed by atoms with Gasteiger partial charge >= 0.3 is 0 Å². The van der Waals surface area contributed by atoms with Crippen LogP contribution in [0.15, 0.2) is 84.9 Å². The Morgan fingerprint density at radius 1 is 1.00 bits per heavy atom. The molecule has 5 heteroatoms. The van der Waals surface area contributed by atoms with Crippen LogP contribution in [0.4, 0.5) is 0 Å². The summed E-state index contributed by atoms with van der Waals surface area (Å²) in [7, 11) is 0. The van der Waals surface area contributed by atoms with Gasteiger partial charge in [-0.2, -0.15) is 0 Å². The number of halogens is 1. The summed E-state index contributed by atoms with van der Waals surface area (Å²) in [5.74, 6) is -0.314. The van der Waals surface area contributed by atoms with Crippen LogP contribution in [-0.4, -0.2) is 36.5 Å². The number of rotatable bonds is 9. The Bertz CT molecular complexity index is 1000. The van der Waals surface area contributed by atoms with Gasteiger partial charge in [0, 0.05) is 11.6 Å². The summed E-state index contributed by atoms with van der Waals surface area (Å²) in [6, 6.07) is 27.6. The number of nitrogens with zero attached hydrogens (tertiary/aromatic N) is 1.